The van der Waals surface area contributed by atoms with Crippen LogP contribution in [0.5, 0.6) is 0 Å². The van der Waals surface area contributed by atoms with Crippen molar-refractivity contribution in [3.63, 3.8) is 0 Å². The van der Waals surface area contributed by atoms with Gasteiger partial charge in [0.1, 0.15) is 0 Å². The Morgan fingerprint density at radius 2 is 1.29 bits per heavy atom. The second kappa shape index (κ2) is 6.25. The zero-order valence-electron chi connectivity index (χ0n) is 11.0. The van der Waals surface area contributed by atoms with Crippen LogP contribution in [0.15, 0.2) is 12.6 Å². The van der Waals surface area contributed by atoms with Crippen molar-refractivity contribution in [3.8, 4) is 0 Å². The highest BCUT2D eigenvalue weighted by Gasteiger charge is 2.81. The third kappa shape index (κ3) is 3.81. The molecule has 0 heterocycles. The monoisotopic (exact) mass is 386 g/mol. The van der Waals surface area contributed by atoms with Crippen LogP contribution in [-0.2, 0) is 19.0 Å². The van der Waals surface area contributed by atoms with Crippen LogP contribution in [0.4, 0.5) is 48.3 Å². The van der Waals surface area contributed by atoms with Gasteiger partial charge in [0.25, 0.3) is 6.01 Å². The van der Waals surface area contributed by atoms with Crippen LogP contribution in [0.2, 0.25) is 0 Å². The number of hydrogen-bond donors (Lipinski definition) is 0. The molecule has 0 aromatic rings. The molecule has 0 bridgehead atoms. The SMILES string of the molecule is C=C(F)OC(F)(F)C(F)(OC(F)(F)C(F)(F)C(=O)OC)C(F)(F)F. The van der Waals surface area contributed by atoms with Gasteiger partial charge in [0, 0.05) is 0 Å². The second-order valence-corrected chi connectivity index (χ2v) is 3.75. The highest BCUT2D eigenvalue weighted by molar-refractivity contribution is 5.78. The number of rotatable bonds is 7. The fourth-order valence-corrected chi connectivity index (χ4v) is 0.975. The van der Waals surface area contributed by atoms with Crippen LogP contribution in [-0.4, -0.2) is 43.2 Å². The average molecular weight is 386 g/mol. The zero-order chi connectivity index (χ0) is 19.8. The number of carbonyl (C=O) groups excluding carboxylic acids is 1. The van der Waals surface area contributed by atoms with Gasteiger partial charge in [0.05, 0.1) is 7.11 Å². The van der Waals surface area contributed by atoms with Crippen LogP contribution in [0, 0.1) is 0 Å². The maximum absolute atomic E-state index is 13.4. The number of esters is 1. The first-order valence-corrected chi connectivity index (χ1v) is 5.07. The van der Waals surface area contributed by atoms with E-state index in [9.17, 15) is 53.1 Å². The molecular formula is C9H5F11O4. The molecule has 0 aromatic heterocycles. The fraction of sp³-hybridized carbons (Fsp3) is 0.667. The largest absolute Gasteiger partial charge is 0.471 e. The zero-order valence-corrected chi connectivity index (χ0v) is 11.0. The summed E-state index contributed by atoms with van der Waals surface area (Å²) in [4.78, 5) is 10.4. The molecule has 24 heavy (non-hydrogen) atoms. The molecule has 1 atom stereocenters. The number of alkyl halides is 10. The van der Waals surface area contributed by atoms with Crippen molar-refractivity contribution in [1.82, 2.24) is 0 Å². The molecule has 4 nitrogen and oxygen atoms in total. The Hall–Kier alpha value is -1.80. The quantitative estimate of drug-likeness (QED) is 0.381. The van der Waals surface area contributed by atoms with Crippen molar-refractivity contribution < 1.29 is 67.3 Å². The minimum atomic E-state index is -7.15. The van der Waals surface area contributed by atoms with Crippen molar-refractivity contribution in [2.75, 3.05) is 7.11 Å². The van der Waals surface area contributed by atoms with Crippen LogP contribution < -0.4 is 0 Å². The van der Waals surface area contributed by atoms with Crippen molar-refractivity contribution in [2.45, 2.75) is 30.2 Å². The smallest absolute Gasteiger partial charge is 0.464 e. The molecular weight excluding hydrogens is 381 g/mol. The Kier molecular flexibility index (Phi) is 5.78. The highest BCUT2D eigenvalue weighted by Crippen LogP contribution is 2.52. The van der Waals surface area contributed by atoms with E-state index in [4.69, 9.17) is 0 Å². The molecule has 0 aliphatic heterocycles. The summed E-state index contributed by atoms with van der Waals surface area (Å²) >= 11 is 0. The lowest BCUT2D eigenvalue weighted by molar-refractivity contribution is -0.513. The van der Waals surface area contributed by atoms with Gasteiger partial charge in [-0.05, 0) is 6.58 Å². The first-order chi connectivity index (χ1) is 10.4. The number of hydrogen-bond acceptors (Lipinski definition) is 4. The first kappa shape index (κ1) is 22.2. The maximum Gasteiger partial charge on any atom is 0.471 e. The second-order valence-electron chi connectivity index (χ2n) is 3.75. The molecule has 0 rings (SSSR count). The lowest BCUT2D eigenvalue weighted by Crippen LogP contribution is -2.64. The molecule has 0 amide bonds. The summed E-state index contributed by atoms with van der Waals surface area (Å²) in [6, 6.07) is -2.79. The van der Waals surface area contributed by atoms with E-state index in [1.807, 2.05) is 11.3 Å². The maximum atomic E-state index is 13.4. The topological polar surface area (TPSA) is 44.8 Å². The van der Waals surface area contributed by atoms with Gasteiger partial charge in [-0.3, -0.25) is 4.74 Å². The van der Waals surface area contributed by atoms with E-state index in [0.29, 0.717) is 0 Å². The third-order valence-corrected chi connectivity index (χ3v) is 2.05. The normalized spacial score (nSPS) is 16.3. The van der Waals surface area contributed by atoms with Crippen molar-refractivity contribution in [3.05, 3.63) is 12.6 Å². The molecule has 0 aliphatic carbocycles. The van der Waals surface area contributed by atoms with Gasteiger partial charge >= 0.3 is 36.1 Å². The summed E-state index contributed by atoms with van der Waals surface area (Å²) in [7, 11) is 0.0730. The number of methoxy groups -OCH3 is 1. The number of carbonyl (C=O) groups is 1. The highest BCUT2D eigenvalue weighted by atomic mass is 19.4. The molecule has 0 N–H and O–H groups in total. The van der Waals surface area contributed by atoms with E-state index < -0.39 is 42.2 Å². The molecule has 0 aromatic carbocycles. The summed E-state index contributed by atoms with van der Waals surface area (Å²) in [5.41, 5.74) is 0. The van der Waals surface area contributed by atoms with Crippen LogP contribution in [0.1, 0.15) is 0 Å². The van der Waals surface area contributed by atoms with Gasteiger partial charge in [0.15, 0.2) is 0 Å². The molecule has 0 fully saturated rings. The Morgan fingerprint density at radius 3 is 1.58 bits per heavy atom. The minimum absolute atomic E-state index is 0.0730. The van der Waals surface area contributed by atoms with Crippen molar-refractivity contribution >= 4 is 5.97 Å². The minimum Gasteiger partial charge on any atom is -0.464 e. The van der Waals surface area contributed by atoms with E-state index in [0.717, 1.165) is 0 Å². The van der Waals surface area contributed by atoms with E-state index >= 15 is 0 Å². The lowest BCUT2D eigenvalue weighted by atomic mass is 10.2. The fourth-order valence-electron chi connectivity index (χ4n) is 0.975. The van der Waals surface area contributed by atoms with Crippen molar-refractivity contribution in [2.24, 2.45) is 0 Å². The molecule has 0 radical (unpaired) electrons. The first-order valence-electron chi connectivity index (χ1n) is 5.07. The standard InChI is InChI=1S/C9H5F11O4/c1-3(10)23-9(19,20)6(13,7(14,15)16)24-8(17,18)5(11,12)4(21)22-2/h1H2,2H3. The van der Waals surface area contributed by atoms with Gasteiger partial charge in [0.2, 0.25) is 0 Å². The van der Waals surface area contributed by atoms with Gasteiger partial charge in [-0.1, -0.05) is 0 Å². The molecule has 142 valence electrons. The molecule has 0 saturated heterocycles. The van der Waals surface area contributed by atoms with E-state index in [1.54, 1.807) is 0 Å². The summed E-state index contributed by atoms with van der Waals surface area (Å²) in [5.74, 6) is -16.6. The van der Waals surface area contributed by atoms with Gasteiger partial charge in [-0.15, -0.1) is 0 Å². The van der Waals surface area contributed by atoms with E-state index in [-0.39, 0.29) is 7.11 Å². The Balaban J connectivity index is 6.09. The summed E-state index contributed by atoms with van der Waals surface area (Å²) in [6.45, 7) is 1.85. The summed E-state index contributed by atoms with van der Waals surface area (Å²) < 4.78 is 148. The van der Waals surface area contributed by atoms with Crippen LogP contribution in [0.3, 0.4) is 0 Å². The molecule has 0 saturated carbocycles. The molecule has 0 spiro atoms. The third-order valence-electron chi connectivity index (χ3n) is 2.05. The Morgan fingerprint density at radius 1 is 0.875 bits per heavy atom. The van der Waals surface area contributed by atoms with Gasteiger partial charge < -0.3 is 9.47 Å². The molecule has 15 heteroatoms. The summed E-state index contributed by atoms with van der Waals surface area (Å²) in [6.07, 6.45) is -20.6. The predicted octanol–water partition coefficient (Wildman–Crippen LogP) is 3.68. The average Bonchev–Trinajstić information content (AvgIpc) is 2.33. The Bertz CT molecular complexity index is 500. The number of ether oxygens (including phenoxy) is 3. The van der Waals surface area contributed by atoms with Crippen molar-refractivity contribution in [1.29, 1.82) is 0 Å². The van der Waals surface area contributed by atoms with Crippen LogP contribution >= 0.6 is 0 Å². The Labute approximate surface area is 124 Å². The molecule has 0 aliphatic rings. The number of halogens is 11. The van der Waals surface area contributed by atoms with E-state index in [2.05, 4.69) is 9.47 Å². The van der Waals surface area contributed by atoms with E-state index in [1.165, 1.54) is 0 Å². The lowest BCUT2D eigenvalue weighted by Gasteiger charge is -2.36. The summed E-state index contributed by atoms with van der Waals surface area (Å²) in [5, 5.41) is 0. The predicted molar refractivity (Wildman–Crippen MR) is 49.2 cm³/mol. The van der Waals surface area contributed by atoms with Gasteiger partial charge in [-0.25, -0.2) is 4.79 Å². The van der Waals surface area contributed by atoms with Crippen LogP contribution in [0.25, 0.3) is 0 Å². The van der Waals surface area contributed by atoms with Gasteiger partial charge in [-0.2, -0.15) is 48.3 Å². The molecule has 1 unspecified atom stereocenters.